The first-order chi connectivity index (χ1) is 19.3. The van der Waals surface area contributed by atoms with E-state index >= 15 is 0 Å². The van der Waals surface area contributed by atoms with Gasteiger partial charge in [0.2, 0.25) is 21.8 Å². The van der Waals surface area contributed by atoms with E-state index in [-0.39, 0.29) is 24.8 Å². The number of nitrogens with zero attached hydrogens (tertiary/aromatic N) is 2. The maximum absolute atomic E-state index is 14.3. The Morgan fingerprint density at radius 1 is 0.878 bits per heavy atom. The lowest BCUT2D eigenvalue weighted by molar-refractivity contribution is -0.140. The largest absolute Gasteiger partial charge is 0.354 e. The quantitative estimate of drug-likeness (QED) is 0.279. The molecule has 7 nitrogen and oxygen atoms in total. The highest BCUT2D eigenvalue weighted by atomic mass is 35.5. The van der Waals surface area contributed by atoms with Gasteiger partial charge in [-0.25, -0.2) is 8.42 Å². The fourth-order valence-corrected chi connectivity index (χ4v) is 6.09. The third-order valence-electron chi connectivity index (χ3n) is 6.71. The van der Waals surface area contributed by atoms with Gasteiger partial charge in [0.25, 0.3) is 0 Å². The number of halogens is 2. The summed E-state index contributed by atoms with van der Waals surface area (Å²) in [7, 11) is -3.87. The van der Waals surface area contributed by atoms with Crippen molar-refractivity contribution in [2.75, 3.05) is 23.7 Å². The fraction of sp³-hybridized carbons (Fsp3) is 0.355. The first kappa shape index (κ1) is 32.4. The molecule has 0 aliphatic carbocycles. The van der Waals surface area contributed by atoms with Crippen LogP contribution in [-0.4, -0.2) is 50.5 Å². The van der Waals surface area contributed by atoms with E-state index in [1.807, 2.05) is 50.2 Å². The van der Waals surface area contributed by atoms with Crippen LogP contribution in [0.3, 0.4) is 0 Å². The molecule has 0 aliphatic heterocycles. The molecule has 220 valence electrons. The van der Waals surface area contributed by atoms with E-state index in [9.17, 15) is 18.0 Å². The van der Waals surface area contributed by atoms with E-state index in [0.717, 1.165) is 16.1 Å². The van der Waals surface area contributed by atoms with Crippen LogP contribution in [0.5, 0.6) is 0 Å². The first-order valence-electron chi connectivity index (χ1n) is 13.4. The van der Waals surface area contributed by atoms with Gasteiger partial charge in [0, 0.05) is 35.1 Å². The lowest BCUT2D eigenvalue weighted by atomic mass is 10.0. The van der Waals surface area contributed by atoms with Crippen molar-refractivity contribution in [2.24, 2.45) is 5.92 Å². The lowest BCUT2D eigenvalue weighted by Crippen LogP contribution is -2.53. The van der Waals surface area contributed by atoms with Crippen molar-refractivity contribution >= 4 is 50.7 Å². The maximum atomic E-state index is 14.3. The van der Waals surface area contributed by atoms with Gasteiger partial charge in [0.05, 0.1) is 11.9 Å². The van der Waals surface area contributed by atoms with E-state index in [1.54, 1.807) is 44.2 Å². The van der Waals surface area contributed by atoms with Gasteiger partial charge in [0.1, 0.15) is 12.6 Å². The molecule has 0 fully saturated rings. The molecular formula is C31H37Cl2N3O4S. The summed E-state index contributed by atoms with van der Waals surface area (Å²) in [6.45, 7) is 7.37. The Morgan fingerprint density at radius 3 is 1.98 bits per heavy atom. The molecule has 1 unspecified atom stereocenters. The predicted molar refractivity (Wildman–Crippen MR) is 167 cm³/mol. The second-order valence-electron chi connectivity index (χ2n) is 10.6. The van der Waals surface area contributed by atoms with Gasteiger partial charge in [-0.05, 0) is 48.6 Å². The van der Waals surface area contributed by atoms with E-state index in [0.29, 0.717) is 39.0 Å². The number of carbonyl (C=O) groups excluding carboxylic acids is 2. The van der Waals surface area contributed by atoms with Crippen LogP contribution >= 0.6 is 23.2 Å². The van der Waals surface area contributed by atoms with Crippen LogP contribution in [0.15, 0.2) is 66.7 Å². The van der Waals surface area contributed by atoms with Crippen LogP contribution in [0.25, 0.3) is 0 Å². The number of aryl methyl sites for hydroxylation is 2. The van der Waals surface area contributed by atoms with E-state index in [1.165, 1.54) is 4.90 Å². The third kappa shape index (κ3) is 8.71. The van der Waals surface area contributed by atoms with Crippen LogP contribution in [0.4, 0.5) is 5.69 Å². The van der Waals surface area contributed by atoms with E-state index in [2.05, 4.69) is 5.32 Å². The van der Waals surface area contributed by atoms with Crippen LogP contribution < -0.4 is 9.62 Å². The van der Waals surface area contributed by atoms with Crippen LogP contribution in [0, 0.1) is 19.8 Å². The molecule has 0 aromatic heterocycles. The molecule has 0 heterocycles. The Balaban J connectivity index is 2.13. The van der Waals surface area contributed by atoms with Crippen LogP contribution in [-0.2, 0) is 32.6 Å². The summed E-state index contributed by atoms with van der Waals surface area (Å²) in [5.74, 6) is -0.727. The Bertz CT molecular complexity index is 1440. The monoisotopic (exact) mass is 617 g/mol. The topological polar surface area (TPSA) is 86.8 Å². The summed E-state index contributed by atoms with van der Waals surface area (Å²) in [5, 5.41) is 3.63. The predicted octanol–water partition coefficient (Wildman–Crippen LogP) is 5.79. The fourth-order valence-electron chi connectivity index (χ4n) is 4.61. The minimum Gasteiger partial charge on any atom is -0.354 e. The molecule has 10 heteroatoms. The number of amides is 2. The van der Waals surface area contributed by atoms with Gasteiger partial charge in [0.15, 0.2) is 0 Å². The highest BCUT2D eigenvalue weighted by molar-refractivity contribution is 7.92. The lowest BCUT2D eigenvalue weighted by Gasteiger charge is -2.34. The van der Waals surface area contributed by atoms with Gasteiger partial charge in [-0.15, -0.1) is 0 Å². The minimum absolute atomic E-state index is 0.0890. The highest BCUT2D eigenvalue weighted by Gasteiger charge is 2.34. The molecule has 1 atom stereocenters. The second kappa shape index (κ2) is 14.2. The summed E-state index contributed by atoms with van der Waals surface area (Å²) < 4.78 is 27.2. The molecule has 0 saturated heterocycles. The number of hydrogen-bond donors (Lipinski definition) is 1. The first-order valence-corrected chi connectivity index (χ1v) is 16.0. The molecule has 3 aromatic carbocycles. The summed E-state index contributed by atoms with van der Waals surface area (Å²) >= 11 is 13.0. The Labute approximate surface area is 253 Å². The van der Waals surface area contributed by atoms with Crippen LogP contribution in [0.2, 0.25) is 10.0 Å². The normalized spacial score (nSPS) is 12.2. The average Bonchev–Trinajstić information content (AvgIpc) is 2.90. The smallest absolute Gasteiger partial charge is 0.244 e. The number of rotatable bonds is 12. The second-order valence-corrected chi connectivity index (χ2v) is 13.3. The molecule has 3 aromatic rings. The Kier molecular flexibility index (Phi) is 11.2. The zero-order chi connectivity index (χ0) is 30.3. The number of sulfonamides is 1. The highest BCUT2D eigenvalue weighted by Crippen LogP contribution is 2.29. The number of para-hydroxylation sites is 1. The van der Waals surface area contributed by atoms with Gasteiger partial charge >= 0.3 is 0 Å². The number of benzene rings is 3. The Hall–Kier alpha value is -3.07. The van der Waals surface area contributed by atoms with Crippen molar-refractivity contribution in [2.45, 2.75) is 46.7 Å². The van der Waals surface area contributed by atoms with Crippen molar-refractivity contribution in [3.8, 4) is 0 Å². The van der Waals surface area contributed by atoms with Gasteiger partial charge < -0.3 is 10.2 Å². The molecule has 2 amide bonds. The Morgan fingerprint density at radius 2 is 1.44 bits per heavy atom. The SMILES string of the molecule is Cc1cccc(C)c1N(CC(=O)N(Cc1c(Cl)cccc1Cl)C(Cc1ccccc1)C(=O)NCC(C)C)S(C)(=O)=O. The number of carbonyl (C=O) groups is 2. The summed E-state index contributed by atoms with van der Waals surface area (Å²) in [5.41, 5.74) is 3.16. The molecule has 0 saturated carbocycles. The summed E-state index contributed by atoms with van der Waals surface area (Å²) in [6.07, 6.45) is 1.28. The number of hydrogen-bond acceptors (Lipinski definition) is 4. The van der Waals surface area contributed by atoms with E-state index in [4.69, 9.17) is 23.2 Å². The maximum Gasteiger partial charge on any atom is 0.244 e. The molecular weight excluding hydrogens is 581 g/mol. The zero-order valence-corrected chi connectivity index (χ0v) is 26.4. The number of nitrogens with one attached hydrogen (secondary N) is 1. The third-order valence-corrected chi connectivity index (χ3v) is 8.53. The van der Waals surface area contributed by atoms with Gasteiger partial charge in [-0.2, -0.15) is 0 Å². The summed E-state index contributed by atoms with van der Waals surface area (Å²) in [6, 6.07) is 18.8. The molecule has 0 spiro atoms. The van der Waals surface area contributed by atoms with Crippen molar-refractivity contribution < 1.29 is 18.0 Å². The average molecular weight is 619 g/mol. The molecule has 1 N–H and O–H groups in total. The molecule has 0 bridgehead atoms. The van der Waals surface area contributed by atoms with Gasteiger partial charge in [-0.1, -0.05) is 91.6 Å². The van der Waals surface area contributed by atoms with Crippen molar-refractivity contribution in [3.63, 3.8) is 0 Å². The van der Waals surface area contributed by atoms with Crippen molar-refractivity contribution in [3.05, 3.63) is 99.0 Å². The van der Waals surface area contributed by atoms with E-state index < -0.39 is 28.5 Å². The van der Waals surface area contributed by atoms with Crippen molar-refractivity contribution in [1.29, 1.82) is 0 Å². The zero-order valence-electron chi connectivity index (χ0n) is 24.0. The van der Waals surface area contributed by atoms with Gasteiger partial charge in [-0.3, -0.25) is 13.9 Å². The van der Waals surface area contributed by atoms with Crippen LogP contribution in [0.1, 0.15) is 36.1 Å². The number of anilines is 1. The standard InChI is InChI=1S/C31H37Cl2N3O4S/c1-21(2)18-34-31(38)28(17-24-13-7-6-8-14-24)35(19-25-26(32)15-10-16-27(25)33)29(37)20-36(41(5,39)40)30-22(3)11-9-12-23(30)4/h6-16,21,28H,17-20H2,1-5H3,(H,34,38). The molecule has 41 heavy (non-hydrogen) atoms. The van der Waals surface area contributed by atoms with Crippen molar-refractivity contribution in [1.82, 2.24) is 10.2 Å². The molecule has 0 radical (unpaired) electrons. The molecule has 3 rings (SSSR count). The minimum atomic E-state index is -3.87. The summed E-state index contributed by atoms with van der Waals surface area (Å²) in [4.78, 5) is 29.4. The molecule has 0 aliphatic rings.